The van der Waals surface area contributed by atoms with Gasteiger partial charge in [0.05, 0.1) is 20.8 Å². The summed E-state index contributed by atoms with van der Waals surface area (Å²) in [6.07, 6.45) is 8.08. The molecule has 0 aliphatic heterocycles. The summed E-state index contributed by atoms with van der Waals surface area (Å²) in [6.45, 7) is 0.970. The van der Waals surface area contributed by atoms with Crippen molar-refractivity contribution in [3.8, 4) is 0 Å². The molecule has 1 N–H and O–H groups in total. The normalized spacial score (nSPS) is 17.5. The maximum atomic E-state index is 6.15. The average molecular weight is 307 g/mol. The first-order valence-electron chi connectivity index (χ1n) is 6.55. The Morgan fingerprint density at radius 1 is 0.889 bits per heavy atom. The van der Waals surface area contributed by atoms with Gasteiger partial charge in [-0.05, 0) is 30.9 Å². The highest BCUT2D eigenvalue weighted by Gasteiger charge is 2.13. The van der Waals surface area contributed by atoms with E-state index in [4.69, 9.17) is 34.8 Å². The number of nitrogens with one attached hydrogen (secondary N) is 1. The molecular weight excluding hydrogens is 289 g/mol. The van der Waals surface area contributed by atoms with Crippen molar-refractivity contribution in [2.45, 2.75) is 38.5 Å². The highest BCUT2D eigenvalue weighted by molar-refractivity contribution is 6.44. The molecule has 4 heteroatoms. The van der Waals surface area contributed by atoms with E-state index in [-0.39, 0.29) is 0 Å². The van der Waals surface area contributed by atoms with E-state index in [1.807, 2.05) is 6.07 Å². The van der Waals surface area contributed by atoms with Gasteiger partial charge in [0, 0.05) is 6.54 Å². The van der Waals surface area contributed by atoms with E-state index in [1.54, 1.807) is 6.07 Å². The molecule has 0 atom stereocenters. The molecular formula is C14H18Cl3N. The molecule has 0 radical (unpaired) electrons. The van der Waals surface area contributed by atoms with Gasteiger partial charge in [-0.3, -0.25) is 0 Å². The van der Waals surface area contributed by atoms with Gasteiger partial charge in [0.2, 0.25) is 0 Å². The fraction of sp³-hybridized carbons (Fsp3) is 0.571. The first-order chi connectivity index (χ1) is 8.66. The minimum absolute atomic E-state index is 0.502. The molecule has 0 aromatic heterocycles. The summed E-state index contributed by atoms with van der Waals surface area (Å²) in [5.41, 5.74) is 0.885. The second-order valence-electron chi connectivity index (χ2n) is 4.98. The zero-order valence-corrected chi connectivity index (χ0v) is 12.6. The number of benzene rings is 1. The molecule has 0 amide bonds. The molecule has 1 aliphatic carbocycles. The van der Waals surface area contributed by atoms with Crippen molar-refractivity contribution in [1.82, 2.24) is 0 Å². The van der Waals surface area contributed by atoms with Gasteiger partial charge in [-0.2, -0.15) is 0 Å². The van der Waals surface area contributed by atoms with Gasteiger partial charge in [-0.1, -0.05) is 60.5 Å². The van der Waals surface area contributed by atoms with Gasteiger partial charge in [0.15, 0.2) is 0 Å². The Hall–Kier alpha value is -0.110. The van der Waals surface area contributed by atoms with Gasteiger partial charge < -0.3 is 5.32 Å². The summed E-state index contributed by atoms with van der Waals surface area (Å²) in [5.74, 6) is 0.748. The number of anilines is 1. The third-order valence-electron chi connectivity index (χ3n) is 3.57. The summed E-state index contributed by atoms with van der Waals surface area (Å²) in [5, 5.41) is 5.09. The van der Waals surface area contributed by atoms with Crippen molar-refractivity contribution in [1.29, 1.82) is 0 Å². The lowest BCUT2D eigenvalue weighted by Gasteiger charge is -2.17. The lowest BCUT2D eigenvalue weighted by Crippen LogP contribution is -2.13. The van der Waals surface area contributed by atoms with E-state index in [2.05, 4.69) is 5.32 Å². The van der Waals surface area contributed by atoms with E-state index in [0.717, 1.165) is 18.2 Å². The van der Waals surface area contributed by atoms with E-state index in [9.17, 15) is 0 Å². The van der Waals surface area contributed by atoms with Crippen LogP contribution in [0.15, 0.2) is 12.1 Å². The Labute approximate surface area is 124 Å². The monoisotopic (exact) mass is 305 g/mol. The SMILES string of the molecule is Clc1cc(Cl)c(NCC2CCCCCC2)cc1Cl. The van der Waals surface area contributed by atoms with Crippen LogP contribution in [0.3, 0.4) is 0 Å². The zero-order chi connectivity index (χ0) is 13.0. The maximum Gasteiger partial charge on any atom is 0.0653 e. The molecule has 0 unspecified atom stereocenters. The van der Waals surface area contributed by atoms with Crippen LogP contribution in [-0.4, -0.2) is 6.54 Å². The number of halogens is 3. The highest BCUT2D eigenvalue weighted by atomic mass is 35.5. The predicted octanol–water partition coefficient (Wildman–Crippen LogP) is 6.03. The van der Waals surface area contributed by atoms with Crippen LogP contribution in [0.4, 0.5) is 5.69 Å². The van der Waals surface area contributed by atoms with Crippen molar-refractivity contribution < 1.29 is 0 Å². The summed E-state index contributed by atoms with van der Waals surface area (Å²) < 4.78 is 0. The first-order valence-corrected chi connectivity index (χ1v) is 7.68. The molecule has 1 fully saturated rings. The number of hydrogen-bond acceptors (Lipinski definition) is 1. The van der Waals surface area contributed by atoms with E-state index in [0.29, 0.717) is 15.1 Å². The Morgan fingerprint density at radius 3 is 2.17 bits per heavy atom. The smallest absolute Gasteiger partial charge is 0.0653 e. The Bertz CT molecular complexity index is 398. The van der Waals surface area contributed by atoms with Crippen molar-refractivity contribution in [2.75, 3.05) is 11.9 Å². The minimum Gasteiger partial charge on any atom is -0.384 e. The van der Waals surface area contributed by atoms with Crippen LogP contribution in [0.1, 0.15) is 38.5 Å². The average Bonchev–Trinajstić information content (AvgIpc) is 2.60. The van der Waals surface area contributed by atoms with Gasteiger partial charge in [-0.25, -0.2) is 0 Å². The molecule has 2 rings (SSSR count). The minimum atomic E-state index is 0.502. The quantitative estimate of drug-likeness (QED) is 0.531. The summed E-state index contributed by atoms with van der Waals surface area (Å²) in [6, 6.07) is 3.50. The molecule has 1 aromatic carbocycles. The molecule has 1 aromatic rings. The van der Waals surface area contributed by atoms with Crippen molar-refractivity contribution in [3.05, 3.63) is 27.2 Å². The highest BCUT2D eigenvalue weighted by Crippen LogP contribution is 2.33. The van der Waals surface area contributed by atoms with Gasteiger partial charge in [0.1, 0.15) is 0 Å². The lowest BCUT2D eigenvalue weighted by molar-refractivity contribution is 0.483. The van der Waals surface area contributed by atoms with Gasteiger partial charge in [-0.15, -0.1) is 0 Å². The van der Waals surface area contributed by atoms with E-state index in [1.165, 1.54) is 38.5 Å². The van der Waals surface area contributed by atoms with Gasteiger partial charge >= 0.3 is 0 Å². The molecule has 100 valence electrons. The van der Waals surface area contributed by atoms with Crippen LogP contribution in [0.2, 0.25) is 15.1 Å². The lowest BCUT2D eigenvalue weighted by atomic mass is 10.0. The Balaban J connectivity index is 1.94. The Kier molecular flexibility index (Phi) is 5.47. The first kappa shape index (κ1) is 14.3. The standard InChI is InChI=1S/C14H18Cl3N/c15-11-7-13(17)14(8-12(11)16)18-9-10-5-3-1-2-4-6-10/h7-8,10,18H,1-6,9H2. The van der Waals surface area contributed by atoms with Crippen molar-refractivity contribution in [2.24, 2.45) is 5.92 Å². The van der Waals surface area contributed by atoms with Crippen LogP contribution >= 0.6 is 34.8 Å². The van der Waals surface area contributed by atoms with E-state index >= 15 is 0 Å². The predicted molar refractivity (Wildman–Crippen MR) is 81.2 cm³/mol. The third kappa shape index (κ3) is 3.94. The van der Waals surface area contributed by atoms with E-state index < -0.39 is 0 Å². The molecule has 1 nitrogen and oxygen atoms in total. The molecule has 0 saturated heterocycles. The van der Waals surface area contributed by atoms with Crippen LogP contribution in [0, 0.1) is 5.92 Å². The van der Waals surface area contributed by atoms with Crippen LogP contribution in [0.5, 0.6) is 0 Å². The molecule has 1 saturated carbocycles. The van der Waals surface area contributed by atoms with Crippen molar-refractivity contribution in [3.63, 3.8) is 0 Å². The topological polar surface area (TPSA) is 12.0 Å². The molecule has 0 bridgehead atoms. The number of rotatable bonds is 3. The number of hydrogen-bond donors (Lipinski definition) is 1. The third-order valence-corrected chi connectivity index (χ3v) is 4.60. The molecule has 0 spiro atoms. The fourth-order valence-electron chi connectivity index (χ4n) is 2.48. The van der Waals surface area contributed by atoms with Crippen LogP contribution < -0.4 is 5.32 Å². The summed E-state index contributed by atoms with van der Waals surface area (Å²) >= 11 is 18.1. The maximum absolute atomic E-state index is 6.15. The largest absolute Gasteiger partial charge is 0.384 e. The Morgan fingerprint density at radius 2 is 1.50 bits per heavy atom. The molecule has 18 heavy (non-hydrogen) atoms. The van der Waals surface area contributed by atoms with Crippen LogP contribution in [-0.2, 0) is 0 Å². The molecule has 0 heterocycles. The summed E-state index contributed by atoms with van der Waals surface area (Å²) in [4.78, 5) is 0. The van der Waals surface area contributed by atoms with Crippen LogP contribution in [0.25, 0.3) is 0 Å². The summed E-state index contributed by atoms with van der Waals surface area (Å²) in [7, 11) is 0. The van der Waals surface area contributed by atoms with Gasteiger partial charge in [0.25, 0.3) is 0 Å². The van der Waals surface area contributed by atoms with Crippen molar-refractivity contribution >= 4 is 40.5 Å². The second kappa shape index (κ2) is 6.88. The fourth-order valence-corrected chi connectivity index (χ4v) is 3.09. The molecule has 1 aliphatic rings. The zero-order valence-electron chi connectivity index (χ0n) is 10.3. The second-order valence-corrected chi connectivity index (χ2v) is 6.21.